The number of anilines is 1. The third-order valence-electron chi connectivity index (χ3n) is 3.14. The van der Waals surface area contributed by atoms with Gasteiger partial charge in [0.05, 0.1) is 16.4 Å². The van der Waals surface area contributed by atoms with Crippen molar-refractivity contribution >= 4 is 27.1 Å². The Morgan fingerprint density at radius 3 is 2.36 bits per heavy atom. The monoisotopic (exact) mass is 329 g/mol. The Labute approximate surface area is 129 Å². The number of rotatable bonds is 7. The number of amides is 1. The molecule has 1 aromatic carbocycles. The summed E-state index contributed by atoms with van der Waals surface area (Å²) in [5.41, 5.74) is -0.270. The first-order valence-corrected chi connectivity index (χ1v) is 8.60. The Kier molecular flexibility index (Phi) is 5.86. The molecule has 8 nitrogen and oxygen atoms in total. The molecule has 1 aromatic rings. The van der Waals surface area contributed by atoms with Crippen molar-refractivity contribution in [3.05, 3.63) is 28.3 Å². The minimum absolute atomic E-state index is 0.0965. The van der Waals surface area contributed by atoms with E-state index in [4.69, 9.17) is 0 Å². The molecule has 0 saturated carbocycles. The molecule has 0 spiro atoms. The Morgan fingerprint density at radius 2 is 1.91 bits per heavy atom. The number of nitrogens with one attached hydrogen (secondary N) is 1. The second-order valence-electron chi connectivity index (χ2n) is 4.63. The van der Waals surface area contributed by atoms with E-state index in [0.717, 1.165) is 12.3 Å². The summed E-state index contributed by atoms with van der Waals surface area (Å²) in [5, 5.41) is 13.8. The average Bonchev–Trinajstić information content (AvgIpc) is 2.45. The topological polar surface area (TPSA) is 110 Å². The molecule has 0 saturated heterocycles. The van der Waals surface area contributed by atoms with Crippen molar-refractivity contribution in [3.8, 4) is 0 Å². The molecule has 122 valence electrons. The lowest BCUT2D eigenvalue weighted by molar-refractivity contribution is -0.384. The van der Waals surface area contributed by atoms with Crippen LogP contribution in [0.4, 0.5) is 11.4 Å². The Hall–Kier alpha value is -2.16. The Bertz CT molecular complexity index is 668. The maximum absolute atomic E-state index is 11.9. The van der Waals surface area contributed by atoms with Gasteiger partial charge in [0.25, 0.3) is 5.69 Å². The van der Waals surface area contributed by atoms with Crippen molar-refractivity contribution < 1.29 is 18.1 Å². The number of sulfone groups is 1. The SMILES string of the molecule is CCN(CC)C(=O)CNc1ccc(S(C)(=O)=O)cc1[N+](=O)[O-]. The van der Waals surface area contributed by atoms with Crippen molar-refractivity contribution in [1.29, 1.82) is 0 Å². The van der Waals surface area contributed by atoms with E-state index in [-0.39, 0.29) is 28.7 Å². The number of benzene rings is 1. The van der Waals surface area contributed by atoms with Gasteiger partial charge in [-0.15, -0.1) is 0 Å². The van der Waals surface area contributed by atoms with Crippen molar-refractivity contribution in [2.75, 3.05) is 31.2 Å². The van der Waals surface area contributed by atoms with Crippen molar-refractivity contribution in [1.82, 2.24) is 4.90 Å². The summed E-state index contributed by atoms with van der Waals surface area (Å²) in [4.78, 5) is 23.7. The lowest BCUT2D eigenvalue weighted by atomic mass is 10.2. The number of nitro benzene ring substituents is 1. The largest absolute Gasteiger partial charge is 0.371 e. The Balaban J connectivity index is 3.01. The zero-order valence-corrected chi connectivity index (χ0v) is 13.5. The van der Waals surface area contributed by atoms with Crippen molar-refractivity contribution in [2.24, 2.45) is 0 Å². The van der Waals surface area contributed by atoms with Gasteiger partial charge in [-0.25, -0.2) is 8.42 Å². The first kappa shape index (κ1) is 17.9. The molecule has 0 fully saturated rings. The molecule has 0 heterocycles. The number of nitrogens with zero attached hydrogens (tertiary/aromatic N) is 2. The van der Waals surface area contributed by atoms with Gasteiger partial charge in [-0.05, 0) is 26.0 Å². The molecule has 1 rings (SSSR count). The highest BCUT2D eigenvalue weighted by Gasteiger charge is 2.19. The lowest BCUT2D eigenvalue weighted by Crippen LogP contribution is -2.35. The van der Waals surface area contributed by atoms with Gasteiger partial charge >= 0.3 is 0 Å². The summed E-state index contributed by atoms with van der Waals surface area (Å²) < 4.78 is 22.9. The molecule has 0 bridgehead atoms. The molecule has 9 heteroatoms. The highest BCUT2D eigenvalue weighted by molar-refractivity contribution is 7.90. The van der Waals surface area contributed by atoms with Gasteiger partial charge in [-0.1, -0.05) is 0 Å². The molecule has 0 atom stereocenters. The highest BCUT2D eigenvalue weighted by atomic mass is 32.2. The van der Waals surface area contributed by atoms with Crippen LogP contribution in [0.2, 0.25) is 0 Å². The van der Waals surface area contributed by atoms with Crippen molar-refractivity contribution in [3.63, 3.8) is 0 Å². The van der Waals surface area contributed by atoms with Gasteiger partial charge in [0.15, 0.2) is 9.84 Å². The summed E-state index contributed by atoms with van der Waals surface area (Å²) in [7, 11) is -3.54. The molecule has 0 aromatic heterocycles. The first-order chi connectivity index (χ1) is 10.2. The number of carbonyl (C=O) groups excluding carboxylic acids is 1. The van der Waals surface area contributed by atoms with Crippen LogP contribution in [0.15, 0.2) is 23.1 Å². The van der Waals surface area contributed by atoms with Gasteiger partial charge in [0.2, 0.25) is 5.91 Å². The number of likely N-dealkylation sites (N-methyl/N-ethyl adjacent to an activating group) is 1. The van der Waals surface area contributed by atoms with Crippen LogP contribution in [-0.4, -0.2) is 50.0 Å². The van der Waals surface area contributed by atoms with Gasteiger partial charge in [0, 0.05) is 25.4 Å². The first-order valence-electron chi connectivity index (χ1n) is 6.70. The molecule has 1 amide bonds. The smallest absolute Gasteiger partial charge is 0.293 e. The van der Waals surface area contributed by atoms with E-state index >= 15 is 0 Å². The highest BCUT2D eigenvalue weighted by Crippen LogP contribution is 2.27. The summed E-state index contributed by atoms with van der Waals surface area (Å²) in [6.07, 6.45) is 0.975. The molecule has 1 N–H and O–H groups in total. The summed E-state index contributed by atoms with van der Waals surface area (Å²) in [5.74, 6) is -0.188. The number of nitro groups is 1. The van der Waals surface area contributed by atoms with Crippen LogP contribution >= 0.6 is 0 Å². The lowest BCUT2D eigenvalue weighted by Gasteiger charge is -2.19. The molecule has 22 heavy (non-hydrogen) atoms. The van der Waals surface area contributed by atoms with Crippen LogP contribution in [0.5, 0.6) is 0 Å². The maximum Gasteiger partial charge on any atom is 0.293 e. The van der Waals surface area contributed by atoms with Gasteiger partial charge in [0.1, 0.15) is 5.69 Å². The van der Waals surface area contributed by atoms with Gasteiger partial charge < -0.3 is 10.2 Å². The number of hydrogen-bond donors (Lipinski definition) is 1. The average molecular weight is 329 g/mol. The molecule has 0 aliphatic rings. The molecular weight excluding hydrogens is 310 g/mol. The van der Waals surface area contributed by atoms with E-state index in [1.54, 1.807) is 4.90 Å². The third-order valence-corrected chi connectivity index (χ3v) is 4.25. The van der Waals surface area contributed by atoms with Crippen LogP contribution in [0.1, 0.15) is 13.8 Å². The fourth-order valence-electron chi connectivity index (χ4n) is 1.90. The fourth-order valence-corrected chi connectivity index (χ4v) is 2.54. The van der Waals surface area contributed by atoms with E-state index < -0.39 is 14.8 Å². The van der Waals surface area contributed by atoms with Crippen LogP contribution in [0, 0.1) is 10.1 Å². The van der Waals surface area contributed by atoms with Crippen LogP contribution in [0.25, 0.3) is 0 Å². The van der Waals surface area contributed by atoms with Gasteiger partial charge in [-0.2, -0.15) is 0 Å². The molecule has 0 aliphatic carbocycles. The van der Waals surface area contributed by atoms with E-state index in [1.165, 1.54) is 12.1 Å². The second kappa shape index (κ2) is 7.21. The van der Waals surface area contributed by atoms with E-state index in [0.29, 0.717) is 13.1 Å². The van der Waals surface area contributed by atoms with Crippen LogP contribution < -0.4 is 5.32 Å². The predicted octanol–water partition coefficient (Wildman–Crippen LogP) is 1.28. The standard InChI is InChI=1S/C13H19N3O5S/c1-4-15(5-2)13(17)9-14-11-7-6-10(22(3,20)21)8-12(11)16(18)19/h6-8,14H,4-5,9H2,1-3H3. The molecule has 0 aliphatic heterocycles. The summed E-state index contributed by atoms with van der Waals surface area (Å²) >= 11 is 0. The number of carbonyl (C=O) groups is 1. The minimum Gasteiger partial charge on any atom is -0.371 e. The maximum atomic E-state index is 11.9. The summed E-state index contributed by atoms with van der Waals surface area (Å²) in [6, 6.07) is 3.55. The normalized spacial score (nSPS) is 11.0. The van der Waals surface area contributed by atoms with E-state index in [9.17, 15) is 23.3 Å². The zero-order valence-electron chi connectivity index (χ0n) is 12.7. The van der Waals surface area contributed by atoms with Crippen molar-refractivity contribution in [2.45, 2.75) is 18.7 Å². The summed E-state index contributed by atoms with van der Waals surface area (Å²) in [6.45, 7) is 4.68. The molecular formula is C13H19N3O5S. The molecule has 0 radical (unpaired) electrons. The second-order valence-corrected chi connectivity index (χ2v) is 6.64. The van der Waals surface area contributed by atoms with E-state index in [1.807, 2.05) is 13.8 Å². The zero-order chi connectivity index (χ0) is 16.9. The quantitative estimate of drug-likeness (QED) is 0.596. The Morgan fingerprint density at radius 1 is 1.32 bits per heavy atom. The van der Waals surface area contributed by atoms with Crippen LogP contribution in [-0.2, 0) is 14.6 Å². The van der Waals surface area contributed by atoms with E-state index in [2.05, 4.69) is 5.32 Å². The fraction of sp³-hybridized carbons (Fsp3) is 0.462. The van der Waals surface area contributed by atoms with Crippen LogP contribution in [0.3, 0.4) is 0 Å². The van der Waals surface area contributed by atoms with Gasteiger partial charge in [-0.3, -0.25) is 14.9 Å². The number of hydrogen-bond acceptors (Lipinski definition) is 6. The third kappa shape index (κ3) is 4.42. The molecule has 0 unspecified atom stereocenters. The minimum atomic E-state index is -3.54. The predicted molar refractivity (Wildman–Crippen MR) is 82.6 cm³/mol.